The molecule has 4 rings (SSSR count). The standard InChI is InChI=1S/C19H16FN5O/c1-25-9-8-21-18(25)17(13-4-2-3-5-14(13)20)24-19(26)12-6-7-15-16(10-12)23-11-22-15/h2-11,17H,1H3,(H,22,23)(H,24,26)/t17-/m1/s1. The van der Waals surface area contributed by atoms with Crippen LogP contribution in [-0.4, -0.2) is 25.4 Å². The molecular weight excluding hydrogens is 333 g/mol. The molecule has 2 N–H and O–H groups in total. The van der Waals surface area contributed by atoms with Gasteiger partial charge in [-0.2, -0.15) is 0 Å². The third kappa shape index (κ3) is 2.83. The Kier molecular flexibility index (Phi) is 3.96. The van der Waals surface area contributed by atoms with Crippen LogP contribution in [0.3, 0.4) is 0 Å². The SMILES string of the molecule is Cn1ccnc1[C@H](NC(=O)c1ccc2nc[nH]c2c1)c1ccccc1F. The lowest BCUT2D eigenvalue weighted by atomic mass is 10.0. The highest BCUT2D eigenvalue weighted by molar-refractivity contribution is 5.97. The molecule has 0 aliphatic heterocycles. The van der Waals surface area contributed by atoms with Gasteiger partial charge in [-0.3, -0.25) is 4.79 Å². The lowest BCUT2D eigenvalue weighted by Crippen LogP contribution is -2.31. The van der Waals surface area contributed by atoms with Crippen LogP contribution in [0.25, 0.3) is 11.0 Å². The first-order valence-corrected chi connectivity index (χ1v) is 8.09. The third-order valence-corrected chi connectivity index (χ3v) is 4.29. The molecule has 4 aromatic rings. The van der Waals surface area contributed by atoms with Crippen LogP contribution in [0, 0.1) is 5.82 Å². The fourth-order valence-electron chi connectivity index (χ4n) is 2.94. The quantitative estimate of drug-likeness (QED) is 0.595. The summed E-state index contributed by atoms with van der Waals surface area (Å²) in [5.74, 6) is -0.173. The third-order valence-electron chi connectivity index (χ3n) is 4.29. The molecule has 2 aromatic heterocycles. The summed E-state index contributed by atoms with van der Waals surface area (Å²) < 4.78 is 16.1. The van der Waals surface area contributed by atoms with Crippen LogP contribution in [0.2, 0.25) is 0 Å². The molecule has 0 unspecified atom stereocenters. The number of nitrogens with one attached hydrogen (secondary N) is 2. The summed E-state index contributed by atoms with van der Waals surface area (Å²) in [5.41, 5.74) is 2.35. The van der Waals surface area contributed by atoms with E-state index >= 15 is 0 Å². The van der Waals surface area contributed by atoms with Gasteiger partial charge >= 0.3 is 0 Å². The van der Waals surface area contributed by atoms with Crippen molar-refractivity contribution >= 4 is 16.9 Å². The Labute approximate surface area is 148 Å². The van der Waals surface area contributed by atoms with Crippen molar-refractivity contribution in [3.05, 3.63) is 84.0 Å². The van der Waals surface area contributed by atoms with Crippen molar-refractivity contribution in [2.45, 2.75) is 6.04 Å². The number of halogens is 1. The number of hydrogen-bond donors (Lipinski definition) is 2. The average molecular weight is 349 g/mol. The van der Waals surface area contributed by atoms with Crippen molar-refractivity contribution in [3.8, 4) is 0 Å². The van der Waals surface area contributed by atoms with Gasteiger partial charge < -0.3 is 14.9 Å². The summed E-state index contributed by atoms with van der Waals surface area (Å²) in [6.45, 7) is 0. The van der Waals surface area contributed by atoms with E-state index in [1.165, 1.54) is 6.07 Å². The minimum Gasteiger partial charge on any atom is -0.345 e. The van der Waals surface area contributed by atoms with Crippen molar-refractivity contribution in [2.24, 2.45) is 7.05 Å². The number of carbonyl (C=O) groups is 1. The molecule has 26 heavy (non-hydrogen) atoms. The van der Waals surface area contributed by atoms with E-state index in [4.69, 9.17) is 0 Å². The number of benzene rings is 2. The molecule has 0 aliphatic carbocycles. The normalized spacial score (nSPS) is 12.2. The number of carbonyl (C=O) groups excluding carboxylic acids is 1. The fourth-order valence-corrected chi connectivity index (χ4v) is 2.94. The number of amides is 1. The molecule has 6 nitrogen and oxygen atoms in total. The Morgan fingerprint density at radius 1 is 1.23 bits per heavy atom. The first-order chi connectivity index (χ1) is 12.6. The van der Waals surface area contributed by atoms with E-state index in [1.807, 2.05) is 0 Å². The highest BCUT2D eigenvalue weighted by atomic mass is 19.1. The monoisotopic (exact) mass is 349 g/mol. The zero-order valence-electron chi connectivity index (χ0n) is 14.0. The summed E-state index contributed by atoms with van der Waals surface area (Å²) in [6, 6.07) is 10.8. The zero-order chi connectivity index (χ0) is 18.1. The van der Waals surface area contributed by atoms with E-state index in [0.29, 0.717) is 17.0 Å². The van der Waals surface area contributed by atoms with Gasteiger partial charge in [0.15, 0.2) is 0 Å². The molecule has 2 heterocycles. The van der Waals surface area contributed by atoms with E-state index in [1.54, 1.807) is 66.7 Å². The number of aromatic nitrogens is 4. The molecule has 0 aliphatic rings. The van der Waals surface area contributed by atoms with Crippen LogP contribution < -0.4 is 5.32 Å². The molecule has 1 amide bonds. The number of imidazole rings is 2. The summed E-state index contributed by atoms with van der Waals surface area (Å²) in [4.78, 5) is 24.2. The van der Waals surface area contributed by atoms with Crippen molar-refractivity contribution < 1.29 is 9.18 Å². The van der Waals surface area contributed by atoms with Gasteiger partial charge in [-0.05, 0) is 24.3 Å². The predicted molar refractivity (Wildman–Crippen MR) is 95.0 cm³/mol. The molecule has 0 fully saturated rings. The van der Waals surface area contributed by atoms with Gasteiger partial charge in [-0.1, -0.05) is 18.2 Å². The van der Waals surface area contributed by atoms with Gasteiger partial charge in [0.25, 0.3) is 5.91 Å². The van der Waals surface area contributed by atoms with Gasteiger partial charge in [-0.15, -0.1) is 0 Å². The number of hydrogen-bond acceptors (Lipinski definition) is 3. The number of fused-ring (bicyclic) bond motifs is 1. The Bertz CT molecular complexity index is 1080. The fraction of sp³-hybridized carbons (Fsp3) is 0.105. The van der Waals surface area contributed by atoms with Crippen LogP contribution in [0.1, 0.15) is 27.8 Å². The van der Waals surface area contributed by atoms with Crippen LogP contribution in [0.15, 0.2) is 61.2 Å². The van der Waals surface area contributed by atoms with Crippen molar-refractivity contribution in [1.82, 2.24) is 24.8 Å². The van der Waals surface area contributed by atoms with Gasteiger partial charge in [0.2, 0.25) is 0 Å². The molecule has 0 spiro atoms. The maximum Gasteiger partial charge on any atom is 0.252 e. The first kappa shape index (κ1) is 16.0. The highest BCUT2D eigenvalue weighted by Gasteiger charge is 2.24. The molecule has 7 heteroatoms. The molecule has 0 radical (unpaired) electrons. The minimum absolute atomic E-state index is 0.322. The van der Waals surface area contributed by atoms with Crippen LogP contribution in [0.5, 0.6) is 0 Å². The first-order valence-electron chi connectivity index (χ1n) is 8.09. The van der Waals surface area contributed by atoms with Gasteiger partial charge in [0.1, 0.15) is 17.7 Å². The van der Waals surface area contributed by atoms with Crippen LogP contribution in [-0.2, 0) is 7.05 Å². The van der Waals surface area contributed by atoms with Gasteiger partial charge in [-0.25, -0.2) is 14.4 Å². The lowest BCUT2D eigenvalue weighted by molar-refractivity contribution is 0.0941. The summed E-state index contributed by atoms with van der Waals surface area (Å²) in [7, 11) is 1.80. The predicted octanol–water partition coefficient (Wildman–Crippen LogP) is 2.95. The highest BCUT2D eigenvalue weighted by Crippen LogP contribution is 2.24. The van der Waals surface area contributed by atoms with Crippen molar-refractivity contribution in [1.29, 1.82) is 0 Å². The molecule has 0 saturated heterocycles. The summed E-state index contributed by atoms with van der Waals surface area (Å²) in [5, 5.41) is 2.89. The Hall–Kier alpha value is -3.48. The molecule has 2 aromatic carbocycles. The number of aryl methyl sites for hydroxylation is 1. The maximum atomic E-state index is 14.4. The van der Waals surface area contributed by atoms with Crippen molar-refractivity contribution in [2.75, 3.05) is 0 Å². The minimum atomic E-state index is -0.707. The second-order valence-electron chi connectivity index (χ2n) is 5.96. The summed E-state index contributed by atoms with van der Waals surface area (Å²) in [6.07, 6.45) is 4.94. The van der Waals surface area contributed by atoms with Crippen LogP contribution in [0.4, 0.5) is 4.39 Å². The van der Waals surface area contributed by atoms with E-state index in [0.717, 1.165) is 11.0 Å². The molecule has 0 bridgehead atoms. The van der Waals surface area contributed by atoms with Crippen LogP contribution >= 0.6 is 0 Å². The number of nitrogens with zero attached hydrogens (tertiary/aromatic N) is 3. The average Bonchev–Trinajstić information content (AvgIpc) is 3.28. The Balaban J connectivity index is 1.71. The number of aromatic amines is 1. The van der Waals surface area contributed by atoms with E-state index < -0.39 is 11.9 Å². The summed E-state index contributed by atoms with van der Waals surface area (Å²) >= 11 is 0. The number of H-pyrrole nitrogens is 1. The maximum absolute atomic E-state index is 14.4. The Morgan fingerprint density at radius 3 is 2.85 bits per heavy atom. The molecular formula is C19H16FN5O. The lowest BCUT2D eigenvalue weighted by Gasteiger charge is -2.19. The van der Waals surface area contributed by atoms with Gasteiger partial charge in [0.05, 0.1) is 17.4 Å². The second kappa shape index (κ2) is 6.44. The van der Waals surface area contributed by atoms with E-state index in [2.05, 4.69) is 20.3 Å². The molecule has 0 saturated carbocycles. The zero-order valence-corrected chi connectivity index (χ0v) is 14.0. The van der Waals surface area contributed by atoms with Gasteiger partial charge in [0, 0.05) is 30.6 Å². The largest absolute Gasteiger partial charge is 0.345 e. The molecule has 1 atom stereocenters. The number of rotatable bonds is 4. The molecule has 130 valence electrons. The smallest absolute Gasteiger partial charge is 0.252 e. The van der Waals surface area contributed by atoms with E-state index in [-0.39, 0.29) is 5.91 Å². The Morgan fingerprint density at radius 2 is 2.08 bits per heavy atom. The van der Waals surface area contributed by atoms with Crippen molar-refractivity contribution in [3.63, 3.8) is 0 Å². The second-order valence-corrected chi connectivity index (χ2v) is 5.96. The topological polar surface area (TPSA) is 75.6 Å². The van der Waals surface area contributed by atoms with E-state index in [9.17, 15) is 9.18 Å².